The monoisotopic (exact) mass is 280 g/mol. The van der Waals surface area contributed by atoms with E-state index in [9.17, 15) is 13.6 Å². The van der Waals surface area contributed by atoms with Crippen molar-refractivity contribution < 1.29 is 18.3 Å². The van der Waals surface area contributed by atoms with Crippen molar-refractivity contribution in [2.45, 2.75) is 0 Å². The molecule has 0 aliphatic carbocycles. The van der Waals surface area contributed by atoms with Crippen LogP contribution in [0.5, 0.6) is 5.75 Å². The second kappa shape index (κ2) is 8.66. The molecule has 102 valence electrons. The smallest absolute Gasteiger partial charge is 0.257 e. The van der Waals surface area contributed by atoms with Gasteiger partial charge < -0.3 is 15.4 Å². The molecule has 4 nitrogen and oxygen atoms in total. The zero-order chi connectivity index (χ0) is 12.7. The Morgan fingerprint density at radius 1 is 1.33 bits per heavy atom. The van der Waals surface area contributed by atoms with E-state index in [1.54, 1.807) is 7.05 Å². The molecule has 1 aromatic carbocycles. The molecule has 0 atom stereocenters. The molecule has 0 bridgehead atoms. The number of hydrogen-bond acceptors (Lipinski definition) is 3. The lowest BCUT2D eigenvalue weighted by Gasteiger charge is -2.07. The van der Waals surface area contributed by atoms with Crippen molar-refractivity contribution >= 4 is 18.3 Å². The fourth-order valence-corrected chi connectivity index (χ4v) is 1.11. The quantitative estimate of drug-likeness (QED) is 0.768. The maximum atomic E-state index is 13.1. The Morgan fingerprint density at radius 2 is 2.06 bits per heavy atom. The average Bonchev–Trinajstić information content (AvgIpc) is 2.28. The van der Waals surface area contributed by atoms with Gasteiger partial charge in [0.15, 0.2) is 18.2 Å². The molecule has 0 heterocycles. The second-order valence-corrected chi connectivity index (χ2v) is 3.32. The summed E-state index contributed by atoms with van der Waals surface area (Å²) < 4.78 is 30.6. The Labute approximate surface area is 110 Å². The molecule has 0 saturated heterocycles. The molecule has 18 heavy (non-hydrogen) atoms. The molecule has 0 aromatic heterocycles. The highest BCUT2D eigenvalue weighted by Crippen LogP contribution is 2.17. The van der Waals surface area contributed by atoms with Crippen LogP contribution >= 0.6 is 12.4 Å². The Morgan fingerprint density at radius 3 is 2.67 bits per heavy atom. The van der Waals surface area contributed by atoms with Crippen LogP contribution in [0, 0.1) is 11.6 Å². The van der Waals surface area contributed by atoms with Crippen LogP contribution in [0.1, 0.15) is 0 Å². The molecule has 2 N–H and O–H groups in total. The SMILES string of the molecule is CNCCNC(=O)COc1ccc(F)cc1F.Cl. The number of carbonyl (C=O) groups is 1. The Bertz CT molecular complexity index is 391. The van der Waals surface area contributed by atoms with Crippen LogP contribution in [0.15, 0.2) is 18.2 Å². The number of carbonyl (C=O) groups excluding carboxylic acids is 1. The summed E-state index contributed by atoms with van der Waals surface area (Å²) in [5.74, 6) is -2.01. The summed E-state index contributed by atoms with van der Waals surface area (Å²) in [6.45, 7) is 0.799. The molecule has 0 spiro atoms. The first-order valence-electron chi connectivity index (χ1n) is 5.12. The molecule has 0 radical (unpaired) electrons. The number of nitrogens with one attached hydrogen (secondary N) is 2. The van der Waals surface area contributed by atoms with E-state index >= 15 is 0 Å². The lowest BCUT2D eigenvalue weighted by Crippen LogP contribution is -2.33. The van der Waals surface area contributed by atoms with Crippen LogP contribution in [-0.2, 0) is 4.79 Å². The Balaban J connectivity index is 0.00000289. The standard InChI is InChI=1S/C11H14F2N2O2.ClH/c1-14-4-5-15-11(16)7-17-10-3-2-8(12)6-9(10)13;/h2-3,6,14H,4-5,7H2,1H3,(H,15,16);1H. The second-order valence-electron chi connectivity index (χ2n) is 3.32. The minimum absolute atomic E-state index is 0. The van der Waals surface area contributed by atoms with Crippen LogP contribution in [-0.4, -0.2) is 32.7 Å². The van der Waals surface area contributed by atoms with Gasteiger partial charge in [0.25, 0.3) is 5.91 Å². The molecular formula is C11H15ClF2N2O2. The summed E-state index contributed by atoms with van der Waals surface area (Å²) in [7, 11) is 1.76. The molecular weight excluding hydrogens is 266 g/mol. The third-order valence-corrected chi connectivity index (χ3v) is 1.95. The summed E-state index contributed by atoms with van der Waals surface area (Å²) in [6, 6.07) is 2.91. The number of ether oxygens (including phenoxy) is 1. The van der Waals surface area contributed by atoms with Gasteiger partial charge in [-0.2, -0.15) is 0 Å². The molecule has 1 rings (SSSR count). The molecule has 0 fully saturated rings. The third kappa shape index (κ3) is 5.79. The van der Waals surface area contributed by atoms with Crippen molar-refractivity contribution in [1.82, 2.24) is 10.6 Å². The van der Waals surface area contributed by atoms with Gasteiger partial charge in [-0.1, -0.05) is 0 Å². The zero-order valence-corrected chi connectivity index (χ0v) is 10.7. The summed E-state index contributed by atoms with van der Waals surface area (Å²) in [5.41, 5.74) is 0. The minimum Gasteiger partial charge on any atom is -0.481 e. The highest BCUT2D eigenvalue weighted by atomic mass is 35.5. The first-order valence-corrected chi connectivity index (χ1v) is 5.12. The number of halogens is 3. The van der Waals surface area contributed by atoms with Gasteiger partial charge in [0.05, 0.1) is 0 Å². The van der Waals surface area contributed by atoms with Gasteiger partial charge in [0.1, 0.15) is 5.82 Å². The first-order chi connectivity index (χ1) is 8.13. The van der Waals surface area contributed by atoms with Gasteiger partial charge in [-0.3, -0.25) is 4.79 Å². The topological polar surface area (TPSA) is 50.4 Å². The summed E-state index contributed by atoms with van der Waals surface area (Å²) >= 11 is 0. The lowest BCUT2D eigenvalue weighted by atomic mass is 10.3. The normalized spacial score (nSPS) is 9.50. The fourth-order valence-electron chi connectivity index (χ4n) is 1.11. The van der Waals surface area contributed by atoms with Crippen molar-refractivity contribution in [2.24, 2.45) is 0 Å². The largest absolute Gasteiger partial charge is 0.481 e. The van der Waals surface area contributed by atoms with Crippen molar-refractivity contribution in [3.63, 3.8) is 0 Å². The Hall–Kier alpha value is -1.40. The number of benzene rings is 1. The maximum Gasteiger partial charge on any atom is 0.257 e. The molecule has 0 saturated carbocycles. The van der Waals surface area contributed by atoms with Crippen LogP contribution in [0.3, 0.4) is 0 Å². The van der Waals surface area contributed by atoms with Crippen molar-refractivity contribution in [3.8, 4) is 5.75 Å². The van der Waals surface area contributed by atoms with Gasteiger partial charge in [0, 0.05) is 19.2 Å². The van der Waals surface area contributed by atoms with Crippen LogP contribution in [0.2, 0.25) is 0 Å². The maximum absolute atomic E-state index is 13.1. The van der Waals surface area contributed by atoms with Gasteiger partial charge >= 0.3 is 0 Å². The van der Waals surface area contributed by atoms with Gasteiger partial charge in [-0.15, -0.1) is 12.4 Å². The fraction of sp³-hybridized carbons (Fsp3) is 0.364. The highest BCUT2D eigenvalue weighted by Gasteiger charge is 2.07. The first kappa shape index (κ1) is 16.6. The van der Waals surface area contributed by atoms with Crippen LogP contribution < -0.4 is 15.4 Å². The van der Waals surface area contributed by atoms with Crippen molar-refractivity contribution in [3.05, 3.63) is 29.8 Å². The molecule has 0 unspecified atom stereocenters. The third-order valence-electron chi connectivity index (χ3n) is 1.95. The molecule has 0 aliphatic rings. The summed E-state index contributed by atoms with van der Waals surface area (Å²) in [4.78, 5) is 11.2. The highest BCUT2D eigenvalue weighted by molar-refractivity contribution is 5.85. The lowest BCUT2D eigenvalue weighted by molar-refractivity contribution is -0.123. The van der Waals surface area contributed by atoms with Crippen LogP contribution in [0.25, 0.3) is 0 Å². The predicted octanol–water partition coefficient (Wildman–Crippen LogP) is 1.10. The van der Waals surface area contributed by atoms with E-state index in [0.29, 0.717) is 19.2 Å². The predicted molar refractivity (Wildman–Crippen MR) is 66.0 cm³/mol. The molecule has 7 heteroatoms. The van der Waals surface area contributed by atoms with E-state index in [2.05, 4.69) is 10.6 Å². The van der Waals surface area contributed by atoms with E-state index in [4.69, 9.17) is 4.74 Å². The van der Waals surface area contributed by atoms with Crippen LogP contribution in [0.4, 0.5) is 8.78 Å². The number of likely N-dealkylation sites (N-methyl/N-ethyl adjacent to an activating group) is 1. The minimum atomic E-state index is -0.826. The average molecular weight is 281 g/mol. The van der Waals surface area contributed by atoms with Crippen molar-refractivity contribution in [1.29, 1.82) is 0 Å². The van der Waals surface area contributed by atoms with Crippen molar-refractivity contribution in [2.75, 3.05) is 26.7 Å². The molecule has 1 aromatic rings. The van der Waals surface area contributed by atoms with E-state index in [-0.39, 0.29) is 30.7 Å². The Kier molecular flexibility index (Phi) is 7.98. The van der Waals surface area contributed by atoms with Gasteiger partial charge in [-0.05, 0) is 19.2 Å². The summed E-state index contributed by atoms with van der Waals surface area (Å²) in [6.07, 6.45) is 0. The van der Waals surface area contributed by atoms with Gasteiger partial charge in [0.2, 0.25) is 0 Å². The van der Waals surface area contributed by atoms with Gasteiger partial charge in [-0.25, -0.2) is 8.78 Å². The van der Waals surface area contributed by atoms with E-state index in [0.717, 1.165) is 12.1 Å². The molecule has 1 amide bonds. The number of hydrogen-bond donors (Lipinski definition) is 2. The summed E-state index contributed by atoms with van der Waals surface area (Å²) in [5, 5.41) is 5.42. The zero-order valence-electron chi connectivity index (χ0n) is 9.83. The molecule has 0 aliphatic heterocycles. The number of amides is 1. The van der Waals surface area contributed by atoms with E-state index in [1.165, 1.54) is 0 Å². The van der Waals surface area contributed by atoms with E-state index in [1.807, 2.05) is 0 Å². The van der Waals surface area contributed by atoms with E-state index < -0.39 is 11.6 Å². The number of rotatable bonds is 6.